The van der Waals surface area contributed by atoms with Crippen LogP contribution in [0.15, 0.2) is 16.5 Å². The normalized spacial score (nSPS) is 20.5. The van der Waals surface area contributed by atoms with Crippen LogP contribution < -0.4 is 5.32 Å². The number of carbonyl (C=O) groups is 1. The average Bonchev–Trinajstić information content (AvgIpc) is 2.84. The molecule has 1 atom stereocenters. The molecule has 2 rings (SSSR count). The Morgan fingerprint density at radius 2 is 2.47 bits per heavy atom. The Morgan fingerprint density at radius 3 is 3.07 bits per heavy atom. The van der Waals surface area contributed by atoms with Gasteiger partial charge in [-0.2, -0.15) is 0 Å². The van der Waals surface area contributed by atoms with Crippen molar-refractivity contribution in [1.29, 1.82) is 0 Å². The number of hydrogen-bond donors (Lipinski definition) is 1. The van der Waals surface area contributed by atoms with Gasteiger partial charge in [-0.15, -0.1) is 0 Å². The summed E-state index contributed by atoms with van der Waals surface area (Å²) >= 11 is 5.57. The Hall–Kier alpha value is -1.00. The zero-order valence-electron chi connectivity index (χ0n) is 8.16. The molecule has 0 spiro atoms. The van der Waals surface area contributed by atoms with Gasteiger partial charge in [0.25, 0.3) is 5.91 Å². The highest BCUT2D eigenvalue weighted by atomic mass is 35.5. The largest absolute Gasteiger partial charge is 0.440 e. The van der Waals surface area contributed by atoms with Crippen LogP contribution in [0.25, 0.3) is 0 Å². The molecule has 0 bridgehead atoms. The van der Waals surface area contributed by atoms with E-state index in [0.717, 1.165) is 19.6 Å². The topological polar surface area (TPSA) is 51.5 Å². The summed E-state index contributed by atoms with van der Waals surface area (Å²) in [6, 6.07) is 3.11. The van der Waals surface area contributed by atoms with Gasteiger partial charge in [-0.25, -0.2) is 0 Å². The molecule has 1 fully saturated rings. The zero-order valence-corrected chi connectivity index (χ0v) is 8.92. The Kier molecular flexibility index (Phi) is 3.28. The molecule has 0 radical (unpaired) electrons. The highest BCUT2D eigenvalue weighted by molar-refractivity contribution is 6.29. The minimum atomic E-state index is -0.228. The minimum absolute atomic E-state index is 0.226. The third-order valence-electron chi connectivity index (χ3n) is 2.37. The van der Waals surface area contributed by atoms with Gasteiger partial charge in [-0.3, -0.25) is 4.79 Å². The van der Waals surface area contributed by atoms with Crippen LogP contribution >= 0.6 is 11.6 Å². The SMILES string of the molecule is O=C(NC[C@@H]1CCOC1)c1ccc(Cl)o1. The number of ether oxygens (including phenoxy) is 1. The second-order valence-corrected chi connectivity index (χ2v) is 3.92. The molecule has 0 saturated carbocycles. The van der Waals surface area contributed by atoms with E-state index in [1.54, 1.807) is 12.1 Å². The highest BCUT2D eigenvalue weighted by Crippen LogP contribution is 2.14. The number of nitrogens with one attached hydrogen (secondary N) is 1. The molecule has 82 valence electrons. The van der Waals surface area contributed by atoms with Crippen molar-refractivity contribution in [2.45, 2.75) is 6.42 Å². The van der Waals surface area contributed by atoms with Crippen LogP contribution in [0.3, 0.4) is 0 Å². The quantitative estimate of drug-likeness (QED) is 0.858. The van der Waals surface area contributed by atoms with Crippen molar-refractivity contribution in [3.63, 3.8) is 0 Å². The maximum atomic E-state index is 11.5. The highest BCUT2D eigenvalue weighted by Gasteiger charge is 2.17. The Morgan fingerprint density at radius 1 is 1.60 bits per heavy atom. The van der Waals surface area contributed by atoms with E-state index in [9.17, 15) is 4.79 Å². The molecule has 5 heteroatoms. The van der Waals surface area contributed by atoms with Gasteiger partial charge in [0.2, 0.25) is 0 Å². The average molecular weight is 230 g/mol. The first-order valence-electron chi connectivity index (χ1n) is 4.87. The number of halogens is 1. The van der Waals surface area contributed by atoms with Crippen LogP contribution in [0.2, 0.25) is 5.22 Å². The summed E-state index contributed by atoms with van der Waals surface area (Å²) < 4.78 is 10.2. The van der Waals surface area contributed by atoms with Gasteiger partial charge >= 0.3 is 0 Å². The smallest absolute Gasteiger partial charge is 0.287 e. The Labute approximate surface area is 92.5 Å². The minimum Gasteiger partial charge on any atom is -0.440 e. The molecule has 0 aliphatic carbocycles. The number of carbonyl (C=O) groups excluding carboxylic acids is 1. The lowest BCUT2D eigenvalue weighted by Gasteiger charge is -2.07. The van der Waals surface area contributed by atoms with Gasteiger partial charge < -0.3 is 14.5 Å². The maximum absolute atomic E-state index is 11.5. The van der Waals surface area contributed by atoms with E-state index in [0.29, 0.717) is 12.5 Å². The van der Waals surface area contributed by atoms with E-state index in [4.69, 9.17) is 20.8 Å². The molecule has 2 heterocycles. The Bertz CT molecular complexity index is 344. The molecule has 4 nitrogen and oxygen atoms in total. The van der Waals surface area contributed by atoms with Gasteiger partial charge in [0.1, 0.15) is 0 Å². The van der Waals surface area contributed by atoms with Crippen molar-refractivity contribution >= 4 is 17.5 Å². The van der Waals surface area contributed by atoms with Gasteiger partial charge in [-0.1, -0.05) is 0 Å². The van der Waals surface area contributed by atoms with E-state index in [1.165, 1.54) is 0 Å². The molecule has 1 aliphatic rings. The Balaban J connectivity index is 1.81. The van der Waals surface area contributed by atoms with Crippen molar-refractivity contribution in [3.8, 4) is 0 Å². The molecular formula is C10H12ClNO3. The van der Waals surface area contributed by atoms with E-state index in [2.05, 4.69) is 5.32 Å². The summed E-state index contributed by atoms with van der Waals surface area (Å²) in [5.41, 5.74) is 0. The van der Waals surface area contributed by atoms with Crippen molar-refractivity contribution in [2.75, 3.05) is 19.8 Å². The van der Waals surface area contributed by atoms with Gasteiger partial charge in [0.15, 0.2) is 11.0 Å². The first-order chi connectivity index (χ1) is 7.25. The standard InChI is InChI=1S/C10H12ClNO3/c11-9-2-1-8(15-9)10(13)12-5-7-3-4-14-6-7/h1-2,7H,3-6H2,(H,12,13)/t7-/m0/s1. The molecule has 1 aromatic rings. The fraction of sp³-hybridized carbons (Fsp3) is 0.500. The van der Waals surface area contributed by atoms with E-state index in [1.807, 2.05) is 0 Å². The van der Waals surface area contributed by atoms with Gasteiger partial charge in [-0.05, 0) is 30.2 Å². The van der Waals surface area contributed by atoms with Gasteiger partial charge in [0, 0.05) is 19.1 Å². The third kappa shape index (κ3) is 2.73. The first-order valence-corrected chi connectivity index (χ1v) is 5.25. The van der Waals surface area contributed by atoms with Crippen molar-refractivity contribution < 1.29 is 13.9 Å². The monoisotopic (exact) mass is 229 g/mol. The molecule has 0 aromatic carbocycles. The summed E-state index contributed by atoms with van der Waals surface area (Å²) in [4.78, 5) is 11.5. The van der Waals surface area contributed by atoms with Crippen LogP contribution in [0.1, 0.15) is 17.0 Å². The van der Waals surface area contributed by atoms with Crippen LogP contribution in [-0.4, -0.2) is 25.7 Å². The van der Waals surface area contributed by atoms with Crippen molar-refractivity contribution in [3.05, 3.63) is 23.1 Å². The van der Waals surface area contributed by atoms with Crippen molar-refractivity contribution in [1.82, 2.24) is 5.32 Å². The van der Waals surface area contributed by atoms with E-state index >= 15 is 0 Å². The molecular weight excluding hydrogens is 218 g/mol. The summed E-state index contributed by atoms with van der Waals surface area (Å²) in [6.07, 6.45) is 0.999. The number of hydrogen-bond acceptors (Lipinski definition) is 3. The van der Waals surface area contributed by atoms with E-state index < -0.39 is 0 Å². The summed E-state index contributed by atoms with van der Waals surface area (Å²) in [5.74, 6) is 0.437. The summed E-state index contributed by atoms with van der Waals surface area (Å²) in [7, 11) is 0. The molecule has 1 N–H and O–H groups in total. The first kappa shape index (κ1) is 10.5. The fourth-order valence-corrected chi connectivity index (χ4v) is 1.65. The third-order valence-corrected chi connectivity index (χ3v) is 2.58. The second kappa shape index (κ2) is 4.68. The lowest BCUT2D eigenvalue weighted by Crippen LogP contribution is -2.29. The molecule has 1 amide bonds. The molecule has 1 saturated heterocycles. The number of rotatable bonds is 3. The maximum Gasteiger partial charge on any atom is 0.287 e. The van der Waals surface area contributed by atoms with Crippen LogP contribution in [0.4, 0.5) is 0 Å². The van der Waals surface area contributed by atoms with Gasteiger partial charge in [0.05, 0.1) is 6.61 Å². The summed E-state index contributed by atoms with van der Waals surface area (Å²) in [6.45, 7) is 2.13. The molecule has 15 heavy (non-hydrogen) atoms. The lowest BCUT2D eigenvalue weighted by atomic mass is 10.1. The lowest BCUT2D eigenvalue weighted by molar-refractivity contribution is 0.0917. The molecule has 1 aromatic heterocycles. The number of amides is 1. The predicted molar refractivity (Wildman–Crippen MR) is 55.0 cm³/mol. The van der Waals surface area contributed by atoms with Crippen molar-refractivity contribution in [2.24, 2.45) is 5.92 Å². The van der Waals surface area contributed by atoms with E-state index in [-0.39, 0.29) is 16.9 Å². The van der Waals surface area contributed by atoms with Crippen LogP contribution in [-0.2, 0) is 4.74 Å². The zero-order chi connectivity index (χ0) is 10.7. The predicted octanol–water partition coefficient (Wildman–Crippen LogP) is 1.70. The molecule has 1 aliphatic heterocycles. The molecule has 0 unspecified atom stereocenters. The fourth-order valence-electron chi connectivity index (χ4n) is 1.50. The van der Waals surface area contributed by atoms with Crippen LogP contribution in [0, 0.1) is 5.92 Å². The second-order valence-electron chi connectivity index (χ2n) is 3.54. The summed E-state index contributed by atoms with van der Waals surface area (Å²) in [5, 5.41) is 3.01. The number of furan rings is 1. The van der Waals surface area contributed by atoms with Crippen LogP contribution in [0.5, 0.6) is 0 Å².